The third-order valence-electron chi connectivity index (χ3n) is 13.9. The van der Waals surface area contributed by atoms with Crippen molar-refractivity contribution in [1.29, 1.82) is 0 Å². The van der Waals surface area contributed by atoms with Gasteiger partial charge >= 0.3 is 7.82 Å². The van der Waals surface area contributed by atoms with Gasteiger partial charge in [0.1, 0.15) is 13.2 Å². The Bertz CT molecular complexity index is 1700. The van der Waals surface area contributed by atoms with E-state index in [4.69, 9.17) is 9.05 Å². The molecule has 79 heavy (non-hydrogen) atoms. The van der Waals surface area contributed by atoms with Gasteiger partial charge in [-0.25, -0.2) is 4.57 Å². The Balaban J connectivity index is 4.07. The number of unbranched alkanes of at least 4 members (excludes halogenated alkanes) is 27. The second-order valence-corrected chi connectivity index (χ2v) is 24.2. The molecule has 0 aromatic rings. The molecule has 1 amide bonds. The van der Waals surface area contributed by atoms with E-state index in [0.717, 1.165) is 89.9 Å². The van der Waals surface area contributed by atoms with Crippen LogP contribution < -0.4 is 5.32 Å². The maximum absolute atomic E-state index is 13.0. The topological polar surface area (TPSA) is 105 Å². The summed E-state index contributed by atoms with van der Waals surface area (Å²) in [6.07, 6.45) is 89.0. The lowest BCUT2D eigenvalue weighted by Crippen LogP contribution is -2.45. The Morgan fingerprint density at radius 1 is 0.443 bits per heavy atom. The molecular formula is C70H124N2O6P+. The van der Waals surface area contributed by atoms with Gasteiger partial charge in [0.15, 0.2) is 0 Å². The molecule has 0 bridgehead atoms. The summed E-state index contributed by atoms with van der Waals surface area (Å²) in [7, 11) is 1.54. The number of aliphatic hydroxyl groups excluding tert-OH is 1. The van der Waals surface area contributed by atoms with Gasteiger partial charge in [-0.1, -0.05) is 277 Å². The number of rotatable bonds is 58. The van der Waals surface area contributed by atoms with E-state index in [0.29, 0.717) is 17.4 Å². The quantitative estimate of drug-likeness (QED) is 0.0243. The molecule has 0 spiro atoms. The minimum absolute atomic E-state index is 0.0498. The van der Waals surface area contributed by atoms with Crippen molar-refractivity contribution in [3.63, 3.8) is 0 Å². The molecule has 0 aromatic carbocycles. The maximum Gasteiger partial charge on any atom is 0.472 e. The van der Waals surface area contributed by atoms with E-state index in [2.05, 4.69) is 129 Å². The van der Waals surface area contributed by atoms with Crippen molar-refractivity contribution >= 4 is 13.7 Å². The van der Waals surface area contributed by atoms with Crippen LogP contribution >= 0.6 is 7.82 Å². The highest BCUT2D eigenvalue weighted by molar-refractivity contribution is 7.47. The monoisotopic (exact) mass is 1120 g/mol. The summed E-state index contributed by atoms with van der Waals surface area (Å²) in [5, 5.41) is 13.9. The number of aliphatic hydroxyl groups is 1. The van der Waals surface area contributed by atoms with Crippen LogP contribution in [0, 0.1) is 0 Å². The van der Waals surface area contributed by atoms with Crippen LogP contribution in [0.5, 0.6) is 0 Å². The minimum atomic E-state index is -4.37. The van der Waals surface area contributed by atoms with Gasteiger partial charge in [-0.05, 0) is 103 Å². The zero-order chi connectivity index (χ0) is 57.7. The molecule has 3 atom stereocenters. The molecule has 3 unspecified atom stereocenters. The van der Waals surface area contributed by atoms with Crippen LogP contribution in [-0.2, 0) is 18.4 Å². The zero-order valence-electron chi connectivity index (χ0n) is 51.8. The summed E-state index contributed by atoms with van der Waals surface area (Å²) in [5.74, 6) is -0.193. The largest absolute Gasteiger partial charge is 0.472 e. The molecule has 9 heteroatoms. The van der Waals surface area contributed by atoms with Crippen LogP contribution in [0.15, 0.2) is 122 Å². The van der Waals surface area contributed by atoms with Crippen LogP contribution in [0.3, 0.4) is 0 Å². The number of nitrogens with zero attached hydrogens (tertiary/aromatic N) is 1. The summed E-state index contributed by atoms with van der Waals surface area (Å²) in [6, 6.07) is -0.876. The summed E-state index contributed by atoms with van der Waals surface area (Å²) in [5.41, 5.74) is 0. The smallest absolute Gasteiger partial charge is 0.387 e. The number of hydrogen-bond acceptors (Lipinski definition) is 5. The number of carbonyl (C=O) groups is 1. The Morgan fingerprint density at radius 2 is 0.772 bits per heavy atom. The number of nitrogens with one attached hydrogen (secondary N) is 1. The Hall–Kier alpha value is -3.10. The molecule has 0 fully saturated rings. The van der Waals surface area contributed by atoms with E-state index in [-0.39, 0.29) is 19.1 Å². The Kier molecular flexibility index (Phi) is 57.2. The fourth-order valence-electron chi connectivity index (χ4n) is 8.88. The third-order valence-corrected chi connectivity index (χ3v) is 14.9. The highest BCUT2D eigenvalue weighted by Gasteiger charge is 2.27. The van der Waals surface area contributed by atoms with Crippen molar-refractivity contribution < 1.29 is 32.9 Å². The fraction of sp³-hybridized carbons (Fsp3) is 0.700. The number of quaternary nitrogens is 1. The van der Waals surface area contributed by atoms with Crippen molar-refractivity contribution in [3.05, 3.63) is 122 Å². The third kappa shape index (κ3) is 62.4. The number of phosphoric ester groups is 1. The molecule has 0 radical (unpaired) electrons. The molecule has 0 aliphatic heterocycles. The highest BCUT2D eigenvalue weighted by atomic mass is 31.2. The molecule has 0 saturated heterocycles. The number of hydrogen-bond donors (Lipinski definition) is 3. The van der Waals surface area contributed by atoms with E-state index in [1.807, 2.05) is 27.2 Å². The molecule has 0 saturated carbocycles. The molecule has 3 N–H and O–H groups in total. The molecular weight excluding hydrogens is 996 g/mol. The van der Waals surface area contributed by atoms with E-state index in [9.17, 15) is 19.4 Å². The molecule has 454 valence electrons. The minimum Gasteiger partial charge on any atom is -0.387 e. The van der Waals surface area contributed by atoms with Gasteiger partial charge in [0.25, 0.3) is 0 Å². The summed E-state index contributed by atoms with van der Waals surface area (Å²) in [6.45, 7) is 4.67. The van der Waals surface area contributed by atoms with Crippen molar-refractivity contribution in [2.24, 2.45) is 0 Å². The standard InChI is InChI=1S/C70H123N2O6P/c1-6-8-10-12-14-16-18-20-22-24-26-27-28-29-30-31-32-33-34-35-36-37-38-39-40-41-42-43-44-45-46-48-50-52-54-56-58-60-62-64-70(74)71-68(67-78-79(75,76)77-66-65-72(3,4)5)69(73)63-61-59-57-55-53-51-49-47-25-23-21-19-17-15-13-11-9-7-2/h8,10,14,16,20,22,25-27,29-30,32-33,35-36,47,53,55,61,63,68-69,73H,6-7,9,11-13,15,17-19,21,23-24,28,31,34,37-46,48-52,54,56-60,62,64-67H2,1-5H3,(H-,71,74,75,76)/p+1/b10-8-,16-14-,22-20-,27-26-,30-29-,33-32-,36-35-,47-25+,55-53+,63-61+. The first kappa shape index (κ1) is 75.9. The normalized spacial score (nSPS) is 14.6. The van der Waals surface area contributed by atoms with Gasteiger partial charge in [0.05, 0.1) is 39.9 Å². The predicted octanol–water partition coefficient (Wildman–Crippen LogP) is 20.5. The van der Waals surface area contributed by atoms with Crippen LogP contribution in [-0.4, -0.2) is 73.4 Å². The first-order chi connectivity index (χ1) is 38.5. The van der Waals surface area contributed by atoms with Crippen LogP contribution in [0.2, 0.25) is 0 Å². The van der Waals surface area contributed by atoms with Crippen LogP contribution in [0.25, 0.3) is 0 Å². The SMILES string of the molecule is CC/C=C\C/C=C\C/C=C\C/C=C\C/C=C\C/C=C\C/C=C\CCCCCCCCCCCCCCCCCCCC(=O)NC(COP(=O)(O)OCC[N+](C)(C)C)C(O)/C=C/CC/C=C/CC/C=C/CCCCCCCCCC. The highest BCUT2D eigenvalue weighted by Crippen LogP contribution is 2.43. The average Bonchev–Trinajstić information content (AvgIpc) is 3.42. The molecule has 0 aromatic heterocycles. The second-order valence-electron chi connectivity index (χ2n) is 22.7. The van der Waals surface area contributed by atoms with E-state index < -0.39 is 20.0 Å². The average molecular weight is 1120 g/mol. The van der Waals surface area contributed by atoms with Crippen LogP contribution in [0.4, 0.5) is 0 Å². The van der Waals surface area contributed by atoms with Crippen molar-refractivity contribution in [2.45, 2.75) is 276 Å². The molecule has 0 aliphatic carbocycles. The van der Waals surface area contributed by atoms with Gasteiger partial charge in [0.2, 0.25) is 5.91 Å². The van der Waals surface area contributed by atoms with E-state index in [1.165, 1.54) is 154 Å². The maximum atomic E-state index is 13.0. The number of phosphoric acid groups is 1. The number of allylic oxidation sites excluding steroid dienone is 19. The lowest BCUT2D eigenvalue weighted by atomic mass is 10.0. The molecule has 0 aliphatic rings. The zero-order valence-corrected chi connectivity index (χ0v) is 52.7. The van der Waals surface area contributed by atoms with Crippen LogP contribution in [0.1, 0.15) is 264 Å². The number of carbonyl (C=O) groups excluding carboxylic acids is 1. The molecule has 0 heterocycles. The summed E-state index contributed by atoms with van der Waals surface area (Å²) in [4.78, 5) is 23.3. The van der Waals surface area contributed by atoms with Crippen molar-refractivity contribution in [2.75, 3.05) is 40.9 Å². The molecule has 8 nitrogen and oxygen atoms in total. The van der Waals surface area contributed by atoms with Gasteiger partial charge in [-0.2, -0.15) is 0 Å². The summed E-state index contributed by atoms with van der Waals surface area (Å²) < 4.78 is 23.7. The lowest BCUT2D eigenvalue weighted by Gasteiger charge is -2.25. The second kappa shape index (κ2) is 59.5. The Morgan fingerprint density at radius 3 is 1.16 bits per heavy atom. The predicted molar refractivity (Wildman–Crippen MR) is 345 cm³/mol. The van der Waals surface area contributed by atoms with Gasteiger partial charge < -0.3 is 19.8 Å². The van der Waals surface area contributed by atoms with Crippen molar-refractivity contribution in [1.82, 2.24) is 5.32 Å². The van der Waals surface area contributed by atoms with E-state index in [1.54, 1.807) is 6.08 Å². The van der Waals surface area contributed by atoms with Crippen molar-refractivity contribution in [3.8, 4) is 0 Å². The number of likely N-dealkylation sites (N-methyl/N-ethyl adjacent to an activating group) is 1. The van der Waals surface area contributed by atoms with E-state index >= 15 is 0 Å². The van der Waals surface area contributed by atoms with Gasteiger partial charge in [-0.15, -0.1) is 0 Å². The first-order valence-corrected chi connectivity index (χ1v) is 33.9. The summed E-state index contributed by atoms with van der Waals surface area (Å²) >= 11 is 0. The fourth-order valence-corrected chi connectivity index (χ4v) is 9.61. The molecule has 0 rings (SSSR count). The Labute approximate surface area is 488 Å². The first-order valence-electron chi connectivity index (χ1n) is 32.4. The number of amides is 1. The van der Waals surface area contributed by atoms with Gasteiger partial charge in [-0.3, -0.25) is 13.8 Å². The van der Waals surface area contributed by atoms with Gasteiger partial charge in [0, 0.05) is 6.42 Å². The lowest BCUT2D eigenvalue weighted by molar-refractivity contribution is -0.870.